The van der Waals surface area contributed by atoms with Gasteiger partial charge in [-0.2, -0.15) is 0 Å². The molecule has 0 saturated heterocycles. The number of methoxy groups -OCH3 is 2. The van der Waals surface area contributed by atoms with Gasteiger partial charge in [0.1, 0.15) is 0 Å². The molecule has 10 nitrogen and oxygen atoms in total. The average molecular weight is 664 g/mol. The molecule has 1 N–H and O–H groups in total. The zero-order valence-corrected chi connectivity index (χ0v) is 26.7. The van der Waals surface area contributed by atoms with Crippen molar-refractivity contribution in [2.75, 3.05) is 25.7 Å². The van der Waals surface area contributed by atoms with Crippen molar-refractivity contribution in [2.24, 2.45) is 0 Å². The summed E-state index contributed by atoms with van der Waals surface area (Å²) in [5.74, 6) is -0.406. The second-order valence-electron chi connectivity index (χ2n) is 9.73. The second-order valence-corrected chi connectivity index (χ2v) is 12.3. The Kier molecular flexibility index (Phi) is 8.70. The van der Waals surface area contributed by atoms with Crippen molar-refractivity contribution in [3.05, 3.63) is 100.0 Å². The monoisotopic (exact) mass is 663 g/mol. The van der Waals surface area contributed by atoms with Gasteiger partial charge in [-0.25, -0.2) is 0 Å². The maximum absolute atomic E-state index is 14.1. The van der Waals surface area contributed by atoms with Crippen LogP contribution in [0.5, 0.6) is 17.2 Å². The quantitative estimate of drug-likeness (QED) is 0.0867. The molecule has 3 aromatic carbocycles. The zero-order chi connectivity index (χ0) is 31.7. The van der Waals surface area contributed by atoms with Crippen LogP contribution in [-0.4, -0.2) is 47.8 Å². The fourth-order valence-corrected chi connectivity index (χ4v) is 7.19. The number of aromatic nitrogens is 2. The number of aliphatic hydroxyl groups excluding tert-OH is 1. The Morgan fingerprint density at radius 1 is 1.04 bits per heavy atom. The molecule has 13 heteroatoms. The number of rotatable bonds is 11. The molecule has 6 rings (SSSR count). The van der Waals surface area contributed by atoms with Crippen LogP contribution in [0.2, 0.25) is 5.02 Å². The molecular formula is C32H26ClN3O7S2. The van der Waals surface area contributed by atoms with E-state index in [0.29, 0.717) is 55.5 Å². The third-order valence-corrected chi connectivity index (χ3v) is 9.59. The van der Waals surface area contributed by atoms with Crippen LogP contribution in [0.1, 0.15) is 34.6 Å². The number of carbonyl (C=O) groups is 2. The highest BCUT2D eigenvalue weighted by molar-refractivity contribution is 8.00. The fraction of sp³-hybridized carbons (Fsp3) is 0.188. The number of aliphatic hydroxyl groups is 1. The molecule has 1 amide bonds. The van der Waals surface area contributed by atoms with Gasteiger partial charge in [0.05, 0.1) is 32.4 Å². The van der Waals surface area contributed by atoms with Crippen LogP contribution in [0.4, 0.5) is 5.13 Å². The highest BCUT2D eigenvalue weighted by Gasteiger charge is 2.47. The first-order valence-electron chi connectivity index (χ1n) is 13.7. The SMILES string of the molecule is CCOc1ccc(C2C(C(=O)c3cc4cccc(OC)c4o3)=C(O)C(=O)N2c2nnc(SCc3ccccc3Cl)s2)cc1OC. The summed E-state index contributed by atoms with van der Waals surface area (Å²) in [5.41, 5.74) is 1.59. The number of ether oxygens (including phenoxy) is 3. The summed E-state index contributed by atoms with van der Waals surface area (Å²) in [4.78, 5) is 29.1. The summed E-state index contributed by atoms with van der Waals surface area (Å²) in [5, 5.41) is 21.3. The van der Waals surface area contributed by atoms with Crippen LogP contribution in [0, 0.1) is 0 Å². The Morgan fingerprint density at radius 3 is 2.60 bits per heavy atom. The normalized spacial score (nSPS) is 14.8. The summed E-state index contributed by atoms with van der Waals surface area (Å²) in [6, 6.07) is 18.3. The highest BCUT2D eigenvalue weighted by Crippen LogP contribution is 2.46. The van der Waals surface area contributed by atoms with E-state index in [9.17, 15) is 14.7 Å². The molecule has 230 valence electrons. The standard InChI is InChI=1S/C32H26ClN3O7S2/c1-4-42-21-13-12-17(14-23(21)41-3)26-25(27(37)24-15-18-9-7-11-22(40-2)29(18)43-24)28(38)30(39)36(26)31-34-35-32(45-31)44-16-19-8-5-6-10-20(19)33/h5-15,26,38H,4,16H2,1-3H3. The molecule has 0 spiro atoms. The molecule has 5 aromatic rings. The molecule has 0 aliphatic carbocycles. The number of anilines is 1. The lowest BCUT2D eigenvalue weighted by atomic mass is 9.95. The number of fused-ring (bicyclic) bond motifs is 1. The van der Waals surface area contributed by atoms with Crippen molar-refractivity contribution < 1.29 is 33.3 Å². The predicted molar refractivity (Wildman–Crippen MR) is 172 cm³/mol. The minimum Gasteiger partial charge on any atom is -0.503 e. The summed E-state index contributed by atoms with van der Waals surface area (Å²) in [6.45, 7) is 2.25. The number of Topliss-reactive ketones (excluding diaryl/α,β-unsaturated/α-hetero) is 1. The molecule has 1 aliphatic heterocycles. The molecule has 0 saturated carbocycles. The van der Waals surface area contributed by atoms with Crippen molar-refractivity contribution in [2.45, 2.75) is 23.1 Å². The van der Waals surface area contributed by atoms with Gasteiger partial charge in [-0.05, 0) is 48.4 Å². The lowest BCUT2D eigenvalue weighted by molar-refractivity contribution is -0.117. The number of amides is 1. The van der Waals surface area contributed by atoms with E-state index in [1.807, 2.05) is 31.2 Å². The van der Waals surface area contributed by atoms with E-state index >= 15 is 0 Å². The van der Waals surface area contributed by atoms with Gasteiger partial charge in [-0.15, -0.1) is 10.2 Å². The first kappa shape index (κ1) is 30.5. The summed E-state index contributed by atoms with van der Waals surface area (Å²) in [7, 11) is 2.99. The summed E-state index contributed by atoms with van der Waals surface area (Å²) in [6.07, 6.45) is 0. The predicted octanol–water partition coefficient (Wildman–Crippen LogP) is 7.43. The van der Waals surface area contributed by atoms with Crippen LogP contribution >= 0.6 is 34.7 Å². The Hall–Kier alpha value is -4.52. The molecule has 0 radical (unpaired) electrons. The summed E-state index contributed by atoms with van der Waals surface area (Å²) < 4.78 is 23.1. The first-order valence-corrected chi connectivity index (χ1v) is 15.9. The van der Waals surface area contributed by atoms with Crippen LogP contribution in [0.15, 0.2) is 86.8 Å². The van der Waals surface area contributed by atoms with Gasteiger partial charge in [-0.3, -0.25) is 14.5 Å². The number of thioether (sulfide) groups is 1. The highest BCUT2D eigenvalue weighted by atomic mass is 35.5. The molecule has 1 aliphatic rings. The molecule has 1 unspecified atom stereocenters. The minimum absolute atomic E-state index is 0.0677. The van der Waals surface area contributed by atoms with E-state index in [0.717, 1.165) is 16.9 Å². The van der Waals surface area contributed by atoms with E-state index in [1.54, 1.807) is 42.5 Å². The molecule has 3 heterocycles. The molecule has 2 aromatic heterocycles. The van der Waals surface area contributed by atoms with Gasteiger partial charge in [0.2, 0.25) is 10.9 Å². The van der Waals surface area contributed by atoms with Crippen molar-refractivity contribution in [3.63, 3.8) is 0 Å². The Morgan fingerprint density at radius 2 is 1.84 bits per heavy atom. The van der Waals surface area contributed by atoms with Gasteiger partial charge in [0, 0.05) is 16.2 Å². The van der Waals surface area contributed by atoms with Gasteiger partial charge in [0.25, 0.3) is 5.91 Å². The maximum Gasteiger partial charge on any atom is 0.296 e. The number of para-hydroxylation sites is 1. The Bertz CT molecular complexity index is 1950. The third kappa shape index (κ3) is 5.72. The van der Waals surface area contributed by atoms with E-state index in [1.165, 1.54) is 30.9 Å². The Labute approximate surface area is 271 Å². The number of nitrogens with zero attached hydrogens (tertiary/aromatic N) is 3. The van der Waals surface area contributed by atoms with Crippen LogP contribution in [-0.2, 0) is 10.5 Å². The van der Waals surface area contributed by atoms with Gasteiger partial charge >= 0.3 is 0 Å². The fourth-order valence-electron chi connectivity index (χ4n) is 5.03. The molecule has 1 atom stereocenters. The second kappa shape index (κ2) is 12.8. The minimum atomic E-state index is -1.08. The molecule has 0 bridgehead atoms. The van der Waals surface area contributed by atoms with Gasteiger partial charge in [0.15, 0.2) is 38.7 Å². The van der Waals surface area contributed by atoms with E-state index in [4.69, 9.17) is 30.2 Å². The third-order valence-electron chi connectivity index (χ3n) is 7.12. The number of carbonyl (C=O) groups excluding carboxylic acids is 2. The number of hydrogen-bond donors (Lipinski definition) is 1. The maximum atomic E-state index is 14.1. The zero-order valence-electron chi connectivity index (χ0n) is 24.3. The van der Waals surface area contributed by atoms with E-state index < -0.39 is 23.5 Å². The number of ketones is 1. The molecule has 0 fully saturated rings. The van der Waals surface area contributed by atoms with Crippen molar-refractivity contribution in [3.8, 4) is 17.2 Å². The smallest absolute Gasteiger partial charge is 0.296 e. The topological polar surface area (TPSA) is 124 Å². The lowest BCUT2D eigenvalue weighted by Gasteiger charge is -2.24. The summed E-state index contributed by atoms with van der Waals surface area (Å²) >= 11 is 8.88. The van der Waals surface area contributed by atoms with Crippen molar-refractivity contribution in [1.29, 1.82) is 0 Å². The first-order chi connectivity index (χ1) is 21.8. The van der Waals surface area contributed by atoms with Gasteiger partial charge < -0.3 is 23.7 Å². The van der Waals surface area contributed by atoms with Gasteiger partial charge in [-0.1, -0.05) is 71.1 Å². The Balaban J connectivity index is 1.41. The van der Waals surface area contributed by atoms with Crippen LogP contribution < -0.4 is 19.1 Å². The van der Waals surface area contributed by atoms with Crippen LogP contribution in [0.3, 0.4) is 0 Å². The van der Waals surface area contributed by atoms with Crippen molar-refractivity contribution in [1.82, 2.24) is 10.2 Å². The number of halogens is 1. The van der Waals surface area contributed by atoms with E-state index in [-0.39, 0.29) is 16.5 Å². The lowest BCUT2D eigenvalue weighted by Crippen LogP contribution is -2.31. The van der Waals surface area contributed by atoms with Crippen LogP contribution in [0.25, 0.3) is 11.0 Å². The van der Waals surface area contributed by atoms with E-state index in [2.05, 4.69) is 10.2 Å². The largest absolute Gasteiger partial charge is 0.503 e. The molecular weight excluding hydrogens is 638 g/mol. The number of hydrogen-bond acceptors (Lipinski definition) is 11. The molecule has 45 heavy (non-hydrogen) atoms. The van der Waals surface area contributed by atoms with Crippen molar-refractivity contribution >= 4 is 62.5 Å². The average Bonchev–Trinajstić information content (AvgIpc) is 3.77. The number of benzene rings is 3. The number of furan rings is 1.